The number of hydrogen-bond donors (Lipinski definition) is 1. The molecule has 0 bridgehead atoms. The Balaban J connectivity index is 1.40. The molecule has 1 N–H and O–H groups in total. The third kappa shape index (κ3) is 4.21. The normalized spacial score (nSPS) is 17.3. The van der Waals surface area contributed by atoms with Crippen molar-refractivity contribution in [1.82, 2.24) is 24.9 Å². The summed E-state index contributed by atoms with van der Waals surface area (Å²) in [5.74, 6) is 1.22. The molecule has 0 aliphatic heterocycles. The zero-order chi connectivity index (χ0) is 22.8. The van der Waals surface area contributed by atoms with Crippen LogP contribution in [0.2, 0.25) is 0 Å². The van der Waals surface area contributed by atoms with Crippen LogP contribution in [0.25, 0.3) is 16.9 Å². The summed E-state index contributed by atoms with van der Waals surface area (Å²) < 4.78 is 12.8. The molecule has 9 nitrogen and oxygen atoms in total. The second kappa shape index (κ2) is 8.70. The van der Waals surface area contributed by atoms with Crippen molar-refractivity contribution in [3.63, 3.8) is 0 Å². The minimum atomic E-state index is -0.384. The molecule has 0 atom stereocenters. The molecule has 2 aliphatic carbocycles. The number of nitrogens with one attached hydrogen (secondary N) is 1. The van der Waals surface area contributed by atoms with Crippen LogP contribution in [0.4, 0.5) is 4.79 Å². The average molecular weight is 447 g/mol. The SMILES string of the molecule is COc1ccc(-c2cncc(C#N)c2)n2nc(C3(COC(=O)NC4CCCCC4)CC3)nc12. The van der Waals surface area contributed by atoms with Crippen LogP contribution in [0.15, 0.2) is 30.6 Å². The predicted molar refractivity (Wildman–Crippen MR) is 120 cm³/mol. The molecule has 9 heteroatoms. The van der Waals surface area contributed by atoms with E-state index in [0.717, 1.165) is 49.8 Å². The molecule has 2 fully saturated rings. The van der Waals surface area contributed by atoms with E-state index in [1.165, 1.54) is 12.6 Å². The molecule has 0 aromatic carbocycles. The van der Waals surface area contributed by atoms with Crippen molar-refractivity contribution in [1.29, 1.82) is 5.26 Å². The van der Waals surface area contributed by atoms with Crippen molar-refractivity contribution < 1.29 is 14.3 Å². The minimum Gasteiger partial charge on any atom is -0.493 e. The van der Waals surface area contributed by atoms with Crippen molar-refractivity contribution in [2.24, 2.45) is 0 Å². The van der Waals surface area contributed by atoms with Gasteiger partial charge in [0.1, 0.15) is 12.7 Å². The summed E-state index contributed by atoms with van der Waals surface area (Å²) in [5.41, 5.74) is 2.16. The van der Waals surface area contributed by atoms with E-state index in [1.807, 2.05) is 12.1 Å². The van der Waals surface area contributed by atoms with E-state index in [2.05, 4.69) is 16.4 Å². The van der Waals surface area contributed by atoms with E-state index in [1.54, 1.807) is 23.9 Å². The van der Waals surface area contributed by atoms with Crippen LogP contribution in [0, 0.1) is 11.3 Å². The van der Waals surface area contributed by atoms with Crippen LogP contribution in [-0.4, -0.2) is 45.4 Å². The standard InChI is InChI=1S/C24H26N6O3/c1-32-20-8-7-19(17-11-16(12-25)13-26-14-17)30-21(20)28-22(29-30)24(9-10-24)15-33-23(31)27-18-5-3-2-4-6-18/h7-8,11,13-14,18H,2-6,9-10,15H2,1H3,(H,27,31). The van der Waals surface area contributed by atoms with Crippen LogP contribution >= 0.6 is 0 Å². The van der Waals surface area contributed by atoms with Crippen LogP contribution < -0.4 is 10.1 Å². The molecule has 5 rings (SSSR count). The van der Waals surface area contributed by atoms with Gasteiger partial charge >= 0.3 is 6.09 Å². The highest BCUT2D eigenvalue weighted by Gasteiger charge is 2.49. The van der Waals surface area contributed by atoms with Gasteiger partial charge in [-0.25, -0.2) is 14.3 Å². The maximum atomic E-state index is 12.4. The summed E-state index contributed by atoms with van der Waals surface area (Å²) in [6.07, 6.45) is 10.1. The van der Waals surface area contributed by atoms with Gasteiger partial charge in [-0.05, 0) is 43.9 Å². The van der Waals surface area contributed by atoms with Gasteiger partial charge < -0.3 is 14.8 Å². The lowest BCUT2D eigenvalue weighted by Crippen LogP contribution is -2.37. The number of aromatic nitrogens is 4. The first-order valence-corrected chi connectivity index (χ1v) is 11.3. The fourth-order valence-corrected chi connectivity index (χ4v) is 4.43. The van der Waals surface area contributed by atoms with Crippen LogP contribution in [0.1, 0.15) is 56.3 Å². The lowest BCUT2D eigenvalue weighted by molar-refractivity contribution is 0.127. The molecule has 170 valence electrons. The number of ether oxygens (including phenoxy) is 2. The summed E-state index contributed by atoms with van der Waals surface area (Å²) in [7, 11) is 1.59. The molecular formula is C24H26N6O3. The van der Waals surface area contributed by atoms with Gasteiger partial charge in [0, 0.05) is 24.0 Å². The second-order valence-corrected chi connectivity index (χ2v) is 8.87. The third-order valence-electron chi connectivity index (χ3n) is 6.57. The smallest absolute Gasteiger partial charge is 0.407 e. The number of methoxy groups -OCH3 is 1. The lowest BCUT2D eigenvalue weighted by Gasteiger charge is -2.22. The van der Waals surface area contributed by atoms with E-state index < -0.39 is 0 Å². The van der Waals surface area contributed by atoms with Crippen LogP contribution in [0.5, 0.6) is 5.75 Å². The number of nitrogens with zero attached hydrogens (tertiary/aromatic N) is 5. The van der Waals surface area contributed by atoms with Crippen molar-refractivity contribution in [2.45, 2.75) is 56.4 Å². The molecule has 3 heterocycles. The molecule has 3 aromatic heterocycles. The monoisotopic (exact) mass is 446 g/mol. The fourth-order valence-electron chi connectivity index (χ4n) is 4.43. The zero-order valence-corrected chi connectivity index (χ0v) is 18.6. The summed E-state index contributed by atoms with van der Waals surface area (Å²) in [4.78, 5) is 21.3. The van der Waals surface area contributed by atoms with Gasteiger partial charge in [-0.15, -0.1) is 5.10 Å². The summed E-state index contributed by atoms with van der Waals surface area (Å²) in [6.45, 7) is 0.242. The Morgan fingerprint density at radius 2 is 2.09 bits per heavy atom. The Morgan fingerprint density at radius 1 is 1.27 bits per heavy atom. The fraction of sp³-hybridized carbons (Fsp3) is 0.458. The number of alkyl carbamates (subject to hydrolysis) is 1. The highest BCUT2D eigenvalue weighted by Crippen LogP contribution is 2.47. The third-order valence-corrected chi connectivity index (χ3v) is 6.57. The van der Waals surface area contributed by atoms with Gasteiger partial charge in [0.05, 0.1) is 23.8 Å². The van der Waals surface area contributed by atoms with E-state index in [0.29, 0.717) is 22.8 Å². The first-order valence-electron chi connectivity index (χ1n) is 11.3. The molecule has 0 saturated heterocycles. The Morgan fingerprint density at radius 3 is 2.82 bits per heavy atom. The van der Waals surface area contributed by atoms with Gasteiger partial charge in [0.15, 0.2) is 17.2 Å². The number of carbonyl (C=O) groups excluding carboxylic acids is 1. The summed E-state index contributed by atoms with van der Waals surface area (Å²) in [5, 5.41) is 17.0. The van der Waals surface area contributed by atoms with Gasteiger partial charge in [-0.3, -0.25) is 4.98 Å². The van der Waals surface area contributed by atoms with Gasteiger partial charge in [0.25, 0.3) is 0 Å². The molecule has 1 amide bonds. The first-order chi connectivity index (χ1) is 16.1. The highest BCUT2D eigenvalue weighted by molar-refractivity contribution is 5.68. The van der Waals surface area contributed by atoms with E-state index in [4.69, 9.17) is 19.6 Å². The second-order valence-electron chi connectivity index (χ2n) is 8.87. The Hall–Kier alpha value is -3.67. The lowest BCUT2D eigenvalue weighted by atomic mass is 9.96. The number of rotatable bonds is 6. The molecule has 2 aliphatic rings. The Labute approximate surface area is 191 Å². The van der Waals surface area contributed by atoms with Gasteiger partial charge in [-0.2, -0.15) is 5.26 Å². The van der Waals surface area contributed by atoms with Crippen LogP contribution in [-0.2, 0) is 10.2 Å². The predicted octanol–water partition coefficient (Wildman–Crippen LogP) is 3.76. The molecule has 0 radical (unpaired) electrons. The molecule has 3 aromatic rings. The van der Waals surface area contributed by atoms with Gasteiger partial charge in [-0.1, -0.05) is 19.3 Å². The number of amides is 1. The Kier molecular flexibility index (Phi) is 5.58. The van der Waals surface area contributed by atoms with Crippen LogP contribution in [0.3, 0.4) is 0 Å². The molecule has 33 heavy (non-hydrogen) atoms. The quantitative estimate of drug-likeness (QED) is 0.613. The van der Waals surface area contributed by atoms with Crippen molar-refractivity contribution in [2.75, 3.05) is 13.7 Å². The number of fused-ring (bicyclic) bond motifs is 1. The van der Waals surface area contributed by atoms with E-state index in [-0.39, 0.29) is 24.2 Å². The highest BCUT2D eigenvalue weighted by atomic mass is 16.5. The molecular weight excluding hydrogens is 420 g/mol. The maximum absolute atomic E-state index is 12.4. The topological polar surface area (TPSA) is 114 Å². The minimum absolute atomic E-state index is 0.208. The number of hydrogen-bond acceptors (Lipinski definition) is 7. The van der Waals surface area contributed by atoms with E-state index >= 15 is 0 Å². The number of pyridine rings is 2. The molecule has 0 unspecified atom stereocenters. The average Bonchev–Trinajstić information content (AvgIpc) is 3.52. The molecule has 0 spiro atoms. The van der Waals surface area contributed by atoms with Crippen molar-refractivity contribution in [3.8, 4) is 23.1 Å². The first kappa shape index (κ1) is 21.2. The van der Waals surface area contributed by atoms with Crippen molar-refractivity contribution >= 4 is 11.7 Å². The van der Waals surface area contributed by atoms with Crippen molar-refractivity contribution in [3.05, 3.63) is 42.0 Å². The summed E-state index contributed by atoms with van der Waals surface area (Å²) >= 11 is 0. The molecule has 2 saturated carbocycles. The van der Waals surface area contributed by atoms with E-state index in [9.17, 15) is 10.1 Å². The number of carbonyl (C=O) groups is 1. The Bertz CT molecular complexity index is 1220. The summed E-state index contributed by atoms with van der Waals surface area (Å²) in [6, 6.07) is 7.79. The largest absolute Gasteiger partial charge is 0.493 e. The van der Waals surface area contributed by atoms with Gasteiger partial charge in [0.2, 0.25) is 0 Å². The maximum Gasteiger partial charge on any atom is 0.407 e. The number of nitriles is 1. The zero-order valence-electron chi connectivity index (χ0n) is 18.6.